The maximum Gasteiger partial charge on any atom is 0.165 e. The van der Waals surface area contributed by atoms with Crippen LogP contribution in [0.5, 0.6) is 0 Å². The Labute approximate surface area is 109 Å². The van der Waals surface area contributed by atoms with Crippen LogP contribution in [0.25, 0.3) is 0 Å². The summed E-state index contributed by atoms with van der Waals surface area (Å²) in [6, 6.07) is 7.86. The number of quaternary nitrogens is 1. The Morgan fingerprint density at radius 3 is 1.89 bits per heavy atom. The molecule has 0 spiro atoms. The van der Waals surface area contributed by atoms with Crippen LogP contribution >= 0.6 is 0 Å². The summed E-state index contributed by atoms with van der Waals surface area (Å²) in [6.07, 6.45) is 0. The Hall–Kier alpha value is -1.42. The first-order chi connectivity index (χ1) is 8.06. The SMILES string of the molecule is C[N+](C)(C)CC#N.Cc1ccc(S(=O)(=O)[O-])cc1. The summed E-state index contributed by atoms with van der Waals surface area (Å²) < 4.78 is 31.9. The Morgan fingerprint density at radius 1 is 1.22 bits per heavy atom. The van der Waals surface area contributed by atoms with Crippen LogP contribution in [0, 0.1) is 18.3 Å². The van der Waals surface area contributed by atoms with Crippen molar-refractivity contribution in [3.05, 3.63) is 29.8 Å². The van der Waals surface area contributed by atoms with Crippen LogP contribution < -0.4 is 0 Å². The molecule has 0 saturated carbocycles. The van der Waals surface area contributed by atoms with Crippen LogP contribution in [0.2, 0.25) is 0 Å². The van der Waals surface area contributed by atoms with Gasteiger partial charge in [0.1, 0.15) is 16.2 Å². The fourth-order valence-corrected chi connectivity index (χ4v) is 1.39. The molecule has 0 atom stereocenters. The van der Waals surface area contributed by atoms with Gasteiger partial charge in [0.15, 0.2) is 6.54 Å². The molecule has 0 aliphatic rings. The molecule has 0 aliphatic heterocycles. The predicted molar refractivity (Wildman–Crippen MR) is 67.7 cm³/mol. The monoisotopic (exact) mass is 270 g/mol. The number of hydrogen-bond donors (Lipinski definition) is 0. The lowest BCUT2D eigenvalue weighted by Gasteiger charge is -2.18. The van der Waals surface area contributed by atoms with E-state index < -0.39 is 10.1 Å². The minimum atomic E-state index is -4.27. The van der Waals surface area contributed by atoms with Crippen molar-refractivity contribution in [3.63, 3.8) is 0 Å². The molecule has 6 heteroatoms. The zero-order valence-electron chi connectivity index (χ0n) is 11.0. The van der Waals surface area contributed by atoms with E-state index in [4.69, 9.17) is 5.26 Å². The molecule has 0 amide bonds. The molecule has 1 aromatic carbocycles. The van der Waals surface area contributed by atoms with Crippen molar-refractivity contribution >= 4 is 10.1 Å². The summed E-state index contributed by atoms with van der Waals surface area (Å²) >= 11 is 0. The van der Waals surface area contributed by atoms with E-state index in [0.29, 0.717) is 6.54 Å². The second-order valence-corrected chi connectivity index (χ2v) is 6.25. The average molecular weight is 270 g/mol. The molecular weight excluding hydrogens is 252 g/mol. The molecule has 18 heavy (non-hydrogen) atoms. The first kappa shape index (κ1) is 16.6. The lowest BCUT2D eigenvalue weighted by molar-refractivity contribution is -0.863. The molecule has 0 aromatic heterocycles. The van der Waals surface area contributed by atoms with Gasteiger partial charge in [-0.25, -0.2) is 8.42 Å². The minimum absolute atomic E-state index is 0.178. The maximum absolute atomic E-state index is 10.4. The van der Waals surface area contributed by atoms with E-state index in [-0.39, 0.29) is 4.90 Å². The van der Waals surface area contributed by atoms with Crippen molar-refractivity contribution in [1.29, 1.82) is 5.26 Å². The van der Waals surface area contributed by atoms with Gasteiger partial charge >= 0.3 is 0 Å². The van der Waals surface area contributed by atoms with Crippen molar-refractivity contribution in [2.24, 2.45) is 0 Å². The molecule has 1 rings (SSSR count). The second kappa shape index (κ2) is 6.50. The van der Waals surface area contributed by atoms with Crippen molar-refractivity contribution in [1.82, 2.24) is 0 Å². The van der Waals surface area contributed by atoms with E-state index >= 15 is 0 Å². The standard InChI is InChI=1S/C7H8O3S.C5H11N2/c1-6-2-4-7(5-3-6)11(8,9)10;1-7(2,3)5-4-6/h2-5H,1H3,(H,8,9,10);5H2,1-3H3/q;+1/p-1. The van der Waals surface area contributed by atoms with Crippen molar-refractivity contribution < 1.29 is 17.5 Å². The van der Waals surface area contributed by atoms with Gasteiger partial charge in [0.05, 0.1) is 26.0 Å². The predicted octanol–water partition coefficient (Wildman–Crippen LogP) is 1.12. The van der Waals surface area contributed by atoms with Gasteiger partial charge in [-0.05, 0) is 19.1 Å². The van der Waals surface area contributed by atoms with Crippen LogP contribution in [0.3, 0.4) is 0 Å². The summed E-state index contributed by atoms with van der Waals surface area (Å²) in [5, 5.41) is 8.14. The highest BCUT2D eigenvalue weighted by molar-refractivity contribution is 7.85. The summed E-state index contributed by atoms with van der Waals surface area (Å²) in [4.78, 5) is -0.178. The molecule has 0 heterocycles. The number of benzene rings is 1. The number of nitriles is 1. The summed E-state index contributed by atoms with van der Waals surface area (Å²) in [6.45, 7) is 2.40. The zero-order chi connectivity index (χ0) is 14.4. The van der Waals surface area contributed by atoms with E-state index in [2.05, 4.69) is 6.07 Å². The minimum Gasteiger partial charge on any atom is -0.744 e. The fourth-order valence-electron chi connectivity index (χ4n) is 0.917. The van der Waals surface area contributed by atoms with Gasteiger partial charge in [0, 0.05) is 0 Å². The number of hydrogen-bond acceptors (Lipinski definition) is 4. The largest absolute Gasteiger partial charge is 0.744 e. The molecule has 100 valence electrons. The highest BCUT2D eigenvalue weighted by atomic mass is 32.2. The molecule has 0 radical (unpaired) electrons. The van der Waals surface area contributed by atoms with Gasteiger partial charge in [-0.1, -0.05) is 17.7 Å². The fraction of sp³-hybridized carbons (Fsp3) is 0.417. The summed E-state index contributed by atoms with van der Waals surface area (Å²) in [7, 11) is 1.70. The van der Waals surface area contributed by atoms with Crippen LogP contribution in [0.1, 0.15) is 5.56 Å². The highest BCUT2D eigenvalue weighted by Crippen LogP contribution is 2.08. The molecule has 0 unspecified atom stereocenters. The third-order valence-corrected chi connectivity index (χ3v) is 2.70. The number of aryl methyl sites for hydroxylation is 1. The Balaban J connectivity index is 0.000000360. The van der Waals surface area contributed by atoms with Gasteiger partial charge < -0.3 is 9.04 Å². The van der Waals surface area contributed by atoms with Gasteiger partial charge in [-0.3, -0.25) is 0 Å². The molecular formula is C12H18N2O3S. The van der Waals surface area contributed by atoms with Crippen LogP contribution in [0.4, 0.5) is 0 Å². The first-order valence-electron chi connectivity index (χ1n) is 5.26. The van der Waals surface area contributed by atoms with Crippen LogP contribution in [-0.4, -0.2) is 45.1 Å². The quantitative estimate of drug-likeness (QED) is 0.458. The summed E-state index contributed by atoms with van der Waals surface area (Å²) in [5.41, 5.74) is 0.928. The third kappa shape index (κ3) is 7.79. The zero-order valence-corrected chi connectivity index (χ0v) is 11.9. The first-order valence-corrected chi connectivity index (χ1v) is 6.67. The van der Waals surface area contributed by atoms with Gasteiger partial charge in [-0.15, -0.1) is 0 Å². The Bertz CT molecular complexity index is 508. The van der Waals surface area contributed by atoms with E-state index in [1.54, 1.807) is 12.1 Å². The van der Waals surface area contributed by atoms with E-state index in [9.17, 15) is 13.0 Å². The normalized spacial score (nSPS) is 11.1. The molecule has 0 N–H and O–H groups in total. The number of rotatable bonds is 2. The molecule has 0 fully saturated rings. The number of nitrogens with zero attached hydrogens (tertiary/aromatic N) is 2. The highest BCUT2D eigenvalue weighted by Gasteiger charge is 2.02. The van der Waals surface area contributed by atoms with Crippen LogP contribution in [0.15, 0.2) is 29.2 Å². The Kier molecular flexibility index (Phi) is 5.98. The van der Waals surface area contributed by atoms with Crippen molar-refractivity contribution in [2.45, 2.75) is 11.8 Å². The Morgan fingerprint density at radius 2 is 1.67 bits per heavy atom. The molecule has 1 aromatic rings. The third-order valence-electron chi connectivity index (χ3n) is 1.85. The lowest BCUT2D eigenvalue weighted by atomic mass is 10.2. The average Bonchev–Trinajstić information content (AvgIpc) is 2.15. The van der Waals surface area contributed by atoms with Gasteiger partial charge in [-0.2, -0.15) is 5.26 Å². The smallest absolute Gasteiger partial charge is 0.165 e. The van der Waals surface area contributed by atoms with Gasteiger partial charge in [0.25, 0.3) is 0 Å². The second-order valence-electron chi connectivity index (χ2n) is 4.87. The van der Waals surface area contributed by atoms with Crippen molar-refractivity contribution in [2.75, 3.05) is 27.7 Å². The maximum atomic E-state index is 10.4. The van der Waals surface area contributed by atoms with E-state index in [0.717, 1.165) is 10.0 Å². The van der Waals surface area contributed by atoms with E-state index in [1.807, 2.05) is 28.1 Å². The van der Waals surface area contributed by atoms with Crippen LogP contribution in [-0.2, 0) is 10.1 Å². The van der Waals surface area contributed by atoms with E-state index in [1.165, 1.54) is 12.1 Å². The molecule has 0 bridgehead atoms. The van der Waals surface area contributed by atoms with Crippen molar-refractivity contribution in [3.8, 4) is 6.07 Å². The lowest BCUT2D eigenvalue weighted by Crippen LogP contribution is -2.34. The summed E-state index contributed by atoms with van der Waals surface area (Å²) in [5.74, 6) is 0. The molecule has 0 aliphatic carbocycles. The molecule has 0 saturated heterocycles. The molecule has 5 nitrogen and oxygen atoms in total. The van der Waals surface area contributed by atoms with Gasteiger partial charge in [0.2, 0.25) is 0 Å². The topological polar surface area (TPSA) is 81.0 Å².